The molecule has 0 atom stereocenters. The predicted molar refractivity (Wildman–Crippen MR) is 126 cm³/mol. The number of para-hydroxylation sites is 2. The van der Waals surface area contributed by atoms with E-state index < -0.39 is 11.2 Å². The quantitative estimate of drug-likeness (QED) is 0.461. The number of H-pyrrole nitrogens is 1. The van der Waals surface area contributed by atoms with Gasteiger partial charge in [-0.1, -0.05) is 30.3 Å². The minimum Gasteiger partial charge on any atom is -0.335 e. The van der Waals surface area contributed by atoms with E-state index in [-0.39, 0.29) is 5.91 Å². The van der Waals surface area contributed by atoms with E-state index in [9.17, 15) is 14.4 Å². The van der Waals surface area contributed by atoms with Gasteiger partial charge in [0.1, 0.15) is 5.01 Å². The third kappa shape index (κ3) is 3.50. The molecule has 0 aliphatic carbocycles. The lowest BCUT2D eigenvalue weighted by Crippen LogP contribution is -2.33. The van der Waals surface area contributed by atoms with Crippen LogP contribution in [-0.2, 0) is 6.54 Å². The first-order chi connectivity index (χ1) is 15.5. The molecule has 158 valence electrons. The minimum atomic E-state index is -0.555. The summed E-state index contributed by atoms with van der Waals surface area (Å²) in [4.78, 5) is 47.4. The molecule has 2 aromatic heterocycles. The Bertz CT molecular complexity index is 1550. The average molecular weight is 443 g/mol. The molecule has 0 unspecified atom stereocenters. The van der Waals surface area contributed by atoms with E-state index in [4.69, 9.17) is 0 Å². The zero-order chi connectivity index (χ0) is 22.2. The first kappa shape index (κ1) is 19.9. The summed E-state index contributed by atoms with van der Waals surface area (Å²) in [7, 11) is 1.70. The van der Waals surface area contributed by atoms with E-state index in [0.29, 0.717) is 28.7 Å². The van der Waals surface area contributed by atoms with Crippen molar-refractivity contribution in [3.8, 4) is 5.69 Å². The number of amides is 1. The Balaban J connectivity index is 1.47. The van der Waals surface area contributed by atoms with Crippen molar-refractivity contribution < 1.29 is 4.79 Å². The van der Waals surface area contributed by atoms with Crippen LogP contribution >= 0.6 is 11.3 Å². The highest BCUT2D eigenvalue weighted by molar-refractivity contribution is 7.18. The van der Waals surface area contributed by atoms with Gasteiger partial charge in [-0.3, -0.25) is 9.59 Å². The summed E-state index contributed by atoms with van der Waals surface area (Å²) in [5.74, 6) is -0.223. The summed E-state index contributed by atoms with van der Waals surface area (Å²) in [6, 6.07) is 21.3. The van der Waals surface area contributed by atoms with Gasteiger partial charge in [0.15, 0.2) is 0 Å². The second-order valence-electron chi connectivity index (χ2n) is 7.40. The highest BCUT2D eigenvalue weighted by atomic mass is 32.1. The van der Waals surface area contributed by atoms with E-state index in [2.05, 4.69) is 9.97 Å². The summed E-state index contributed by atoms with van der Waals surface area (Å²) in [6.45, 7) is 0.363. The fourth-order valence-electron chi connectivity index (χ4n) is 3.65. The zero-order valence-electron chi connectivity index (χ0n) is 17.1. The standard InChI is InChI=1S/C24H18N4O3S/c1-27(14-21-25-18-9-5-6-10-20(18)32-21)22(29)15-11-12-17-19(13-15)26-24(31)28(23(17)30)16-7-3-2-4-8-16/h2-13H,14H2,1H3,(H,26,31). The van der Waals surface area contributed by atoms with Crippen LogP contribution in [-0.4, -0.2) is 32.4 Å². The second-order valence-corrected chi connectivity index (χ2v) is 8.52. The van der Waals surface area contributed by atoms with E-state index in [0.717, 1.165) is 19.8 Å². The number of hydrogen-bond donors (Lipinski definition) is 1. The van der Waals surface area contributed by atoms with Gasteiger partial charge in [-0.2, -0.15) is 0 Å². The molecule has 3 aromatic carbocycles. The van der Waals surface area contributed by atoms with E-state index >= 15 is 0 Å². The smallest absolute Gasteiger partial charge is 0.333 e. The molecule has 0 bridgehead atoms. The molecule has 0 spiro atoms. The van der Waals surface area contributed by atoms with Crippen LogP contribution in [0.5, 0.6) is 0 Å². The van der Waals surface area contributed by atoms with Crippen LogP contribution in [0.2, 0.25) is 0 Å². The van der Waals surface area contributed by atoms with E-state index in [1.54, 1.807) is 65.7 Å². The monoisotopic (exact) mass is 442 g/mol. The van der Waals surface area contributed by atoms with Gasteiger partial charge in [0, 0.05) is 12.6 Å². The normalized spacial score (nSPS) is 11.2. The molecule has 0 saturated heterocycles. The molecular weight excluding hydrogens is 424 g/mol. The van der Waals surface area contributed by atoms with Gasteiger partial charge < -0.3 is 9.88 Å². The highest BCUT2D eigenvalue weighted by Gasteiger charge is 2.17. The van der Waals surface area contributed by atoms with Crippen molar-refractivity contribution in [2.45, 2.75) is 6.54 Å². The zero-order valence-corrected chi connectivity index (χ0v) is 17.9. The van der Waals surface area contributed by atoms with Crippen LogP contribution < -0.4 is 11.2 Å². The molecule has 0 radical (unpaired) electrons. The maximum atomic E-state index is 13.0. The minimum absolute atomic E-state index is 0.223. The first-order valence-corrected chi connectivity index (χ1v) is 10.8. The molecule has 0 aliphatic rings. The summed E-state index contributed by atoms with van der Waals surface area (Å²) in [5.41, 5.74) is 1.11. The van der Waals surface area contributed by atoms with Crippen LogP contribution in [0.15, 0.2) is 82.4 Å². The number of hydrogen-bond acceptors (Lipinski definition) is 5. The Morgan fingerprint density at radius 1 is 1.03 bits per heavy atom. The van der Waals surface area contributed by atoms with E-state index in [1.807, 2.05) is 30.3 Å². The molecule has 0 saturated carbocycles. The number of benzene rings is 3. The van der Waals surface area contributed by atoms with E-state index in [1.165, 1.54) is 0 Å². The third-order valence-corrected chi connectivity index (χ3v) is 6.24. The van der Waals surface area contributed by atoms with Gasteiger partial charge in [-0.15, -0.1) is 11.3 Å². The van der Waals surface area contributed by atoms with Crippen LogP contribution in [0, 0.1) is 0 Å². The van der Waals surface area contributed by atoms with Crippen molar-refractivity contribution >= 4 is 38.4 Å². The van der Waals surface area contributed by atoms with Gasteiger partial charge in [0.2, 0.25) is 0 Å². The molecule has 1 amide bonds. The molecule has 1 N–H and O–H groups in total. The van der Waals surface area contributed by atoms with Crippen LogP contribution in [0.25, 0.3) is 26.8 Å². The molecule has 32 heavy (non-hydrogen) atoms. The van der Waals surface area contributed by atoms with Crippen LogP contribution in [0.1, 0.15) is 15.4 Å². The summed E-state index contributed by atoms with van der Waals surface area (Å²) >= 11 is 1.55. The molecule has 8 heteroatoms. The maximum Gasteiger partial charge on any atom is 0.333 e. The molecular formula is C24H18N4O3S. The number of aromatic nitrogens is 3. The molecule has 2 heterocycles. The van der Waals surface area contributed by atoms with Crippen LogP contribution in [0.4, 0.5) is 0 Å². The summed E-state index contributed by atoms with van der Waals surface area (Å²) in [5, 5.41) is 1.17. The number of thiazole rings is 1. The molecule has 5 aromatic rings. The summed E-state index contributed by atoms with van der Waals surface area (Å²) in [6.07, 6.45) is 0. The second kappa shape index (κ2) is 7.90. The topological polar surface area (TPSA) is 88.1 Å². The Kier molecular flexibility index (Phi) is 4.91. The number of fused-ring (bicyclic) bond motifs is 2. The third-order valence-electron chi connectivity index (χ3n) is 5.22. The highest BCUT2D eigenvalue weighted by Crippen LogP contribution is 2.23. The average Bonchev–Trinajstić information content (AvgIpc) is 3.21. The van der Waals surface area contributed by atoms with Crippen molar-refractivity contribution in [3.05, 3.63) is 104 Å². The lowest BCUT2D eigenvalue weighted by Gasteiger charge is -2.16. The number of nitrogens with zero attached hydrogens (tertiary/aromatic N) is 3. The molecule has 0 fully saturated rings. The Hall–Kier alpha value is -4.04. The largest absolute Gasteiger partial charge is 0.335 e. The number of rotatable bonds is 4. The lowest BCUT2D eigenvalue weighted by molar-refractivity contribution is 0.0785. The Morgan fingerprint density at radius 3 is 2.56 bits per heavy atom. The fraction of sp³-hybridized carbons (Fsp3) is 0.0833. The van der Waals surface area contributed by atoms with Crippen molar-refractivity contribution in [2.75, 3.05) is 7.05 Å². The molecule has 0 aliphatic heterocycles. The SMILES string of the molecule is CN(Cc1nc2ccccc2s1)C(=O)c1ccc2c(=O)n(-c3ccccc3)c(=O)[nH]c2c1. The van der Waals surface area contributed by atoms with Gasteiger partial charge in [-0.05, 0) is 42.5 Å². The van der Waals surface area contributed by atoms with Crippen molar-refractivity contribution in [1.82, 2.24) is 19.4 Å². The maximum absolute atomic E-state index is 13.0. The molecule has 7 nitrogen and oxygen atoms in total. The summed E-state index contributed by atoms with van der Waals surface area (Å²) < 4.78 is 2.16. The van der Waals surface area contributed by atoms with Crippen molar-refractivity contribution in [1.29, 1.82) is 0 Å². The van der Waals surface area contributed by atoms with Crippen molar-refractivity contribution in [2.24, 2.45) is 0 Å². The Labute approximate surface area is 186 Å². The number of aromatic amines is 1. The number of carbonyl (C=O) groups excluding carboxylic acids is 1. The van der Waals surface area contributed by atoms with Gasteiger partial charge in [0.25, 0.3) is 11.5 Å². The number of nitrogens with one attached hydrogen (secondary N) is 1. The van der Waals surface area contributed by atoms with Crippen molar-refractivity contribution in [3.63, 3.8) is 0 Å². The molecule has 5 rings (SSSR count). The van der Waals surface area contributed by atoms with Gasteiger partial charge >= 0.3 is 5.69 Å². The first-order valence-electron chi connectivity index (χ1n) is 9.96. The Morgan fingerprint density at radius 2 is 1.78 bits per heavy atom. The number of carbonyl (C=O) groups is 1. The van der Waals surface area contributed by atoms with Crippen LogP contribution in [0.3, 0.4) is 0 Å². The lowest BCUT2D eigenvalue weighted by atomic mass is 10.1. The fourth-order valence-corrected chi connectivity index (χ4v) is 4.67. The predicted octanol–water partition coefficient (Wildman–Crippen LogP) is 3.56. The van der Waals surface area contributed by atoms with Gasteiger partial charge in [-0.25, -0.2) is 14.3 Å². The van der Waals surface area contributed by atoms with Gasteiger partial charge in [0.05, 0.1) is 33.4 Å².